The summed E-state index contributed by atoms with van der Waals surface area (Å²) in [5.41, 5.74) is 1.52. The summed E-state index contributed by atoms with van der Waals surface area (Å²) in [4.78, 5) is 14.0. The zero-order valence-electron chi connectivity index (χ0n) is 9.83. The molecule has 0 unspecified atom stereocenters. The molecule has 0 saturated heterocycles. The maximum absolute atomic E-state index is 11.2. The van der Waals surface area contributed by atoms with Gasteiger partial charge in [0.05, 0.1) is 19.1 Å². The van der Waals surface area contributed by atoms with Gasteiger partial charge in [-0.15, -0.1) is 11.3 Å². The van der Waals surface area contributed by atoms with Gasteiger partial charge in [-0.25, -0.2) is 0 Å². The van der Waals surface area contributed by atoms with Crippen LogP contribution in [0, 0.1) is 18.3 Å². The quantitative estimate of drug-likeness (QED) is 0.752. The molecule has 0 atom stereocenters. The number of anilines is 1. The fraction of sp³-hybridized carbons (Fsp3) is 0.455. The second-order valence-corrected chi connectivity index (χ2v) is 4.67. The van der Waals surface area contributed by atoms with E-state index in [1.165, 1.54) is 18.4 Å². The molecule has 1 aromatic rings. The first-order chi connectivity index (χ1) is 7.51. The molecule has 0 aliphatic heterocycles. The highest BCUT2D eigenvalue weighted by molar-refractivity contribution is 7.16. The number of nitriles is 1. The lowest BCUT2D eigenvalue weighted by molar-refractivity contribution is -0.139. The molecule has 0 bridgehead atoms. The van der Waals surface area contributed by atoms with Crippen molar-refractivity contribution < 1.29 is 9.53 Å². The van der Waals surface area contributed by atoms with E-state index in [1.807, 2.05) is 25.9 Å². The van der Waals surface area contributed by atoms with Crippen LogP contribution in [0.4, 0.5) is 5.00 Å². The van der Waals surface area contributed by atoms with E-state index in [-0.39, 0.29) is 12.4 Å². The average molecular weight is 238 g/mol. The Balaban J connectivity index is 3.14. The maximum atomic E-state index is 11.2. The summed E-state index contributed by atoms with van der Waals surface area (Å²) in [6, 6.07) is 2.17. The highest BCUT2D eigenvalue weighted by Gasteiger charge is 2.18. The van der Waals surface area contributed by atoms with Crippen LogP contribution < -0.4 is 4.90 Å². The third-order valence-corrected chi connectivity index (χ3v) is 3.74. The Kier molecular flexibility index (Phi) is 3.91. The first kappa shape index (κ1) is 12.5. The molecule has 5 heteroatoms. The number of rotatable bonds is 3. The van der Waals surface area contributed by atoms with E-state index in [9.17, 15) is 4.79 Å². The Bertz CT molecular complexity index is 444. The number of methoxy groups -OCH3 is 1. The number of carbonyl (C=O) groups excluding carboxylic acids is 1. The smallest absolute Gasteiger partial charge is 0.310 e. The Labute approximate surface area is 99.1 Å². The lowest BCUT2D eigenvalue weighted by Gasteiger charge is -2.08. The van der Waals surface area contributed by atoms with Crippen LogP contribution in [0.5, 0.6) is 0 Å². The van der Waals surface area contributed by atoms with Crippen molar-refractivity contribution in [2.75, 3.05) is 26.1 Å². The van der Waals surface area contributed by atoms with E-state index in [0.717, 1.165) is 15.4 Å². The third-order valence-electron chi connectivity index (χ3n) is 2.28. The molecule has 1 aromatic heterocycles. The molecule has 0 saturated carbocycles. The second kappa shape index (κ2) is 4.99. The van der Waals surface area contributed by atoms with Crippen molar-refractivity contribution in [1.29, 1.82) is 5.26 Å². The first-order valence-corrected chi connectivity index (χ1v) is 5.59. The van der Waals surface area contributed by atoms with Gasteiger partial charge in [-0.2, -0.15) is 5.26 Å². The largest absolute Gasteiger partial charge is 0.469 e. The van der Waals surface area contributed by atoms with Gasteiger partial charge in [0.2, 0.25) is 0 Å². The summed E-state index contributed by atoms with van der Waals surface area (Å²) in [6.45, 7) is 1.86. The summed E-state index contributed by atoms with van der Waals surface area (Å²) in [5, 5.41) is 9.95. The summed E-state index contributed by atoms with van der Waals surface area (Å²) >= 11 is 1.47. The van der Waals surface area contributed by atoms with Gasteiger partial charge in [-0.3, -0.25) is 4.79 Å². The molecule has 1 heterocycles. The SMILES string of the molecule is COC(=O)Cc1sc(N(C)C)c(C#N)c1C. The Hall–Kier alpha value is -1.54. The molecular weight excluding hydrogens is 224 g/mol. The van der Waals surface area contributed by atoms with Gasteiger partial charge in [0.15, 0.2) is 0 Å². The van der Waals surface area contributed by atoms with Gasteiger partial charge in [0.25, 0.3) is 0 Å². The highest BCUT2D eigenvalue weighted by atomic mass is 32.1. The van der Waals surface area contributed by atoms with Gasteiger partial charge in [-0.1, -0.05) is 0 Å². The highest BCUT2D eigenvalue weighted by Crippen LogP contribution is 2.34. The molecule has 0 fully saturated rings. The van der Waals surface area contributed by atoms with E-state index in [4.69, 9.17) is 5.26 Å². The molecule has 0 aromatic carbocycles. The minimum absolute atomic E-state index is 0.232. The van der Waals surface area contributed by atoms with Crippen LogP contribution in [0.1, 0.15) is 16.0 Å². The van der Waals surface area contributed by atoms with Crippen molar-refractivity contribution in [2.24, 2.45) is 0 Å². The second-order valence-electron chi connectivity index (χ2n) is 3.59. The maximum Gasteiger partial charge on any atom is 0.310 e. The molecule has 0 aliphatic rings. The minimum Gasteiger partial charge on any atom is -0.469 e. The summed E-state index contributed by atoms with van der Waals surface area (Å²) < 4.78 is 4.62. The minimum atomic E-state index is -0.279. The van der Waals surface area contributed by atoms with E-state index >= 15 is 0 Å². The van der Waals surface area contributed by atoms with Crippen molar-refractivity contribution in [1.82, 2.24) is 0 Å². The van der Waals surface area contributed by atoms with Crippen LogP contribution in [0.3, 0.4) is 0 Å². The molecule has 4 nitrogen and oxygen atoms in total. The van der Waals surface area contributed by atoms with E-state index in [2.05, 4.69) is 10.8 Å². The van der Waals surface area contributed by atoms with Crippen molar-refractivity contribution in [3.63, 3.8) is 0 Å². The molecule has 0 radical (unpaired) electrons. The zero-order chi connectivity index (χ0) is 12.3. The monoisotopic (exact) mass is 238 g/mol. The number of esters is 1. The Morgan fingerprint density at radius 1 is 1.56 bits per heavy atom. The topological polar surface area (TPSA) is 53.3 Å². The Morgan fingerprint density at radius 2 is 2.19 bits per heavy atom. The van der Waals surface area contributed by atoms with Crippen molar-refractivity contribution in [3.8, 4) is 6.07 Å². The molecule has 1 rings (SSSR count). The number of hydrogen-bond acceptors (Lipinski definition) is 5. The fourth-order valence-corrected chi connectivity index (χ4v) is 2.52. The van der Waals surface area contributed by atoms with E-state index in [1.54, 1.807) is 0 Å². The molecule has 0 amide bonds. The van der Waals surface area contributed by atoms with Gasteiger partial charge < -0.3 is 9.64 Å². The van der Waals surface area contributed by atoms with Crippen molar-refractivity contribution >= 4 is 22.3 Å². The summed E-state index contributed by atoms with van der Waals surface area (Å²) in [5.74, 6) is -0.279. The first-order valence-electron chi connectivity index (χ1n) is 4.77. The van der Waals surface area contributed by atoms with E-state index < -0.39 is 0 Å². The predicted octanol–water partition coefficient (Wildman–Crippen LogP) is 1.71. The van der Waals surface area contributed by atoms with Gasteiger partial charge in [-0.05, 0) is 12.5 Å². The predicted molar refractivity (Wildman–Crippen MR) is 63.8 cm³/mol. The number of hydrogen-bond donors (Lipinski definition) is 0. The number of carbonyl (C=O) groups is 1. The molecule has 0 spiro atoms. The van der Waals surface area contributed by atoms with Crippen LogP contribution in [0.2, 0.25) is 0 Å². The van der Waals surface area contributed by atoms with Crippen LogP contribution in [0.25, 0.3) is 0 Å². The molecule has 16 heavy (non-hydrogen) atoms. The number of nitrogens with zero attached hydrogens (tertiary/aromatic N) is 2. The molecule has 86 valence electrons. The third kappa shape index (κ3) is 2.34. The number of ether oxygens (including phenoxy) is 1. The lowest BCUT2D eigenvalue weighted by atomic mass is 10.1. The normalized spacial score (nSPS) is 9.69. The molecule has 0 N–H and O–H groups in total. The van der Waals surface area contributed by atoms with Gasteiger partial charge >= 0.3 is 5.97 Å². The lowest BCUT2D eigenvalue weighted by Crippen LogP contribution is -2.07. The summed E-state index contributed by atoms with van der Waals surface area (Å²) in [6.07, 6.45) is 0.232. The van der Waals surface area contributed by atoms with Gasteiger partial charge in [0.1, 0.15) is 11.1 Å². The van der Waals surface area contributed by atoms with Gasteiger partial charge in [0, 0.05) is 19.0 Å². The van der Waals surface area contributed by atoms with E-state index in [0.29, 0.717) is 5.56 Å². The average Bonchev–Trinajstić information content (AvgIpc) is 2.56. The van der Waals surface area contributed by atoms with Crippen molar-refractivity contribution in [2.45, 2.75) is 13.3 Å². The van der Waals surface area contributed by atoms with Crippen LogP contribution in [-0.4, -0.2) is 27.2 Å². The fourth-order valence-electron chi connectivity index (χ4n) is 1.36. The Morgan fingerprint density at radius 3 is 2.56 bits per heavy atom. The van der Waals surface area contributed by atoms with Crippen LogP contribution >= 0.6 is 11.3 Å². The number of thiophene rings is 1. The zero-order valence-corrected chi connectivity index (χ0v) is 10.6. The standard InChI is InChI=1S/C11H14N2O2S/c1-7-8(6-12)11(13(2)3)16-9(7)5-10(14)15-4/h5H2,1-4H3. The summed E-state index contributed by atoms with van der Waals surface area (Å²) in [7, 11) is 5.13. The van der Waals surface area contributed by atoms with Crippen molar-refractivity contribution in [3.05, 3.63) is 16.0 Å². The molecule has 0 aliphatic carbocycles. The molecular formula is C11H14N2O2S. The van der Waals surface area contributed by atoms with Crippen LogP contribution in [-0.2, 0) is 16.0 Å². The van der Waals surface area contributed by atoms with Crippen LogP contribution in [0.15, 0.2) is 0 Å².